The zero-order chi connectivity index (χ0) is 42.0. The smallest absolute Gasteiger partial charge is 0.227 e. The number of fused-ring (bicyclic) bond motifs is 8. The summed E-state index contributed by atoms with van der Waals surface area (Å²) in [4.78, 5) is 19.9. The van der Waals surface area contributed by atoms with Crippen molar-refractivity contribution in [2.75, 3.05) is 0 Å². The first kappa shape index (κ1) is 37.3. The van der Waals surface area contributed by atoms with Crippen molar-refractivity contribution in [3.8, 4) is 45.1 Å². The van der Waals surface area contributed by atoms with Gasteiger partial charge in [-0.05, 0) is 71.5 Å². The van der Waals surface area contributed by atoms with Crippen molar-refractivity contribution < 1.29 is 8.83 Å². The zero-order valence-electron chi connectivity index (χ0n) is 34.8. The molecule has 6 aromatic carbocycles. The Morgan fingerprint density at radius 2 is 1.44 bits per heavy atom. The van der Waals surface area contributed by atoms with Gasteiger partial charge in [-0.2, -0.15) is 0 Å². The first-order valence-corrected chi connectivity index (χ1v) is 21.1. The lowest BCUT2D eigenvalue weighted by Crippen LogP contribution is -2.14. The number of benzene rings is 6. The van der Waals surface area contributed by atoms with Crippen LogP contribution in [0, 0.1) is 0 Å². The standard InChI is InChI=1S/C56H42N4O2/c1-5-34(32-35(6-2)52-58-53(36-18-10-7-11-19-36)60-54(59-52)37-20-12-8-13-21-37)40-24-16-26-42-43-27-17-25-41(50(43)61-49(40)42)39-28-29-44-46(33-39)56(3,4)45-30-31-47-51(48(44)45)62-55(57-47)38-22-14-9-15-23-38/h5-20,22-33,37H,2,21H2,1,3-4H3/b34-5+,35-32+. The summed E-state index contributed by atoms with van der Waals surface area (Å²) >= 11 is 0. The third-order valence-corrected chi connectivity index (χ3v) is 12.5. The Labute approximate surface area is 360 Å². The van der Waals surface area contributed by atoms with Crippen LogP contribution in [0.25, 0.3) is 89.3 Å². The first-order chi connectivity index (χ1) is 30.4. The van der Waals surface area contributed by atoms with Crippen LogP contribution in [-0.2, 0) is 5.41 Å². The van der Waals surface area contributed by atoms with Crippen molar-refractivity contribution in [2.24, 2.45) is 0 Å². The molecule has 0 spiro atoms. The SMILES string of the molecule is C=C/C(=C\C(=C/C)c1cccc2c1oc1c(-c3ccc4c(c3)C(C)(C)c3ccc5nc(-c6ccccc6)oc5c3-4)cccc12)c1nc(-c2ccccc2)nc(C2C=CC=CC2)n1. The molecule has 3 aromatic heterocycles. The average molecular weight is 803 g/mol. The lowest BCUT2D eigenvalue weighted by Gasteiger charge is -2.22. The highest BCUT2D eigenvalue weighted by molar-refractivity contribution is 6.13. The van der Waals surface area contributed by atoms with Crippen LogP contribution in [0.5, 0.6) is 0 Å². The topological polar surface area (TPSA) is 77.8 Å². The summed E-state index contributed by atoms with van der Waals surface area (Å²) in [6, 6.07) is 44.1. The summed E-state index contributed by atoms with van der Waals surface area (Å²) in [6.45, 7) is 10.9. The van der Waals surface area contributed by atoms with Gasteiger partial charge in [0.2, 0.25) is 5.89 Å². The molecule has 0 bridgehead atoms. The normalized spacial score (nSPS) is 15.7. The lowest BCUT2D eigenvalue weighted by atomic mass is 9.81. The first-order valence-electron chi connectivity index (χ1n) is 21.1. The van der Waals surface area contributed by atoms with Crippen LogP contribution in [0.3, 0.4) is 0 Å². The molecule has 0 fully saturated rings. The fourth-order valence-corrected chi connectivity index (χ4v) is 9.23. The lowest BCUT2D eigenvalue weighted by molar-refractivity contribution is 0.618. The minimum atomic E-state index is -0.259. The van der Waals surface area contributed by atoms with Gasteiger partial charge in [-0.15, -0.1) is 0 Å². The number of para-hydroxylation sites is 2. The van der Waals surface area contributed by atoms with E-state index < -0.39 is 0 Å². The Morgan fingerprint density at radius 1 is 0.661 bits per heavy atom. The van der Waals surface area contributed by atoms with Crippen LogP contribution in [-0.4, -0.2) is 19.9 Å². The minimum absolute atomic E-state index is 0.0551. The van der Waals surface area contributed by atoms with Gasteiger partial charge in [-0.3, -0.25) is 0 Å². The highest BCUT2D eigenvalue weighted by Gasteiger charge is 2.38. The van der Waals surface area contributed by atoms with Crippen molar-refractivity contribution in [3.05, 3.63) is 205 Å². The van der Waals surface area contributed by atoms with Crippen LogP contribution >= 0.6 is 0 Å². The van der Waals surface area contributed by atoms with Gasteiger partial charge in [-0.25, -0.2) is 19.9 Å². The second-order valence-electron chi connectivity index (χ2n) is 16.5. The van der Waals surface area contributed by atoms with Crippen LogP contribution in [0.2, 0.25) is 0 Å². The highest BCUT2D eigenvalue weighted by Crippen LogP contribution is 2.53. The van der Waals surface area contributed by atoms with E-state index >= 15 is 0 Å². The number of hydrogen-bond donors (Lipinski definition) is 0. The van der Waals surface area contributed by atoms with Crippen molar-refractivity contribution in [3.63, 3.8) is 0 Å². The Balaban J connectivity index is 0.999. The van der Waals surface area contributed by atoms with Crippen molar-refractivity contribution in [1.82, 2.24) is 19.9 Å². The van der Waals surface area contributed by atoms with E-state index in [1.807, 2.05) is 73.7 Å². The molecule has 2 aliphatic carbocycles. The number of oxazole rings is 1. The van der Waals surface area contributed by atoms with Crippen LogP contribution in [0.1, 0.15) is 61.4 Å². The third kappa shape index (κ3) is 6.09. The second-order valence-corrected chi connectivity index (χ2v) is 16.5. The fourth-order valence-electron chi connectivity index (χ4n) is 9.23. The number of nitrogens with zero attached hydrogens (tertiary/aromatic N) is 4. The van der Waals surface area contributed by atoms with Gasteiger partial charge in [0, 0.05) is 55.5 Å². The Hall–Kier alpha value is -7.70. The Bertz CT molecular complexity index is 3380. The molecule has 62 heavy (non-hydrogen) atoms. The summed E-state index contributed by atoms with van der Waals surface area (Å²) in [6.07, 6.45) is 15.3. The molecule has 3 heterocycles. The van der Waals surface area contributed by atoms with Crippen LogP contribution < -0.4 is 0 Å². The van der Waals surface area contributed by atoms with Gasteiger partial charge in [0.1, 0.15) is 22.5 Å². The molecule has 0 saturated carbocycles. The molecule has 1 unspecified atom stereocenters. The largest absolute Gasteiger partial charge is 0.455 e. The maximum absolute atomic E-state index is 7.01. The number of rotatable bonds is 8. The number of allylic oxidation sites excluding steroid dienone is 9. The van der Waals surface area contributed by atoms with Crippen molar-refractivity contribution in [1.29, 1.82) is 0 Å². The van der Waals surface area contributed by atoms with Gasteiger partial charge >= 0.3 is 0 Å². The van der Waals surface area contributed by atoms with Crippen LogP contribution in [0.15, 0.2) is 185 Å². The van der Waals surface area contributed by atoms with Gasteiger partial charge in [0.25, 0.3) is 0 Å². The van der Waals surface area contributed by atoms with E-state index in [2.05, 4.69) is 124 Å². The average Bonchev–Trinajstić information content (AvgIpc) is 4.01. The number of furan rings is 1. The predicted octanol–water partition coefficient (Wildman–Crippen LogP) is 14.5. The van der Waals surface area contributed by atoms with Gasteiger partial charge in [-0.1, -0.05) is 160 Å². The Kier molecular flexibility index (Phi) is 8.90. The molecule has 0 aliphatic heterocycles. The molecule has 0 radical (unpaired) electrons. The summed E-state index contributed by atoms with van der Waals surface area (Å²) in [5.41, 5.74) is 14.6. The van der Waals surface area contributed by atoms with E-state index in [1.54, 1.807) is 0 Å². The fraction of sp³-hybridized carbons (Fsp3) is 0.107. The molecule has 0 N–H and O–H groups in total. The zero-order valence-corrected chi connectivity index (χ0v) is 34.8. The van der Waals surface area contributed by atoms with Crippen molar-refractivity contribution >= 4 is 44.2 Å². The Morgan fingerprint density at radius 3 is 2.19 bits per heavy atom. The third-order valence-electron chi connectivity index (χ3n) is 12.5. The predicted molar refractivity (Wildman–Crippen MR) is 252 cm³/mol. The second kappa shape index (κ2) is 14.8. The minimum Gasteiger partial charge on any atom is -0.455 e. The number of hydrogen-bond acceptors (Lipinski definition) is 6. The molecule has 298 valence electrons. The van der Waals surface area contributed by atoms with Crippen LogP contribution in [0.4, 0.5) is 0 Å². The van der Waals surface area contributed by atoms with E-state index in [9.17, 15) is 0 Å². The highest BCUT2D eigenvalue weighted by atomic mass is 16.3. The van der Waals surface area contributed by atoms with E-state index in [-0.39, 0.29) is 11.3 Å². The molecule has 1 atom stereocenters. The molecule has 0 saturated heterocycles. The molecular formula is C56H42N4O2. The van der Waals surface area contributed by atoms with Gasteiger partial charge < -0.3 is 8.83 Å². The molecule has 6 heteroatoms. The van der Waals surface area contributed by atoms with E-state index in [0.717, 1.165) is 89.8 Å². The van der Waals surface area contributed by atoms with E-state index in [1.165, 1.54) is 16.7 Å². The monoisotopic (exact) mass is 802 g/mol. The summed E-state index contributed by atoms with van der Waals surface area (Å²) in [5, 5.41) is 2.11. The van der Waals surface area contributed by atoms with Gasteiger partial charge in [0.05, 0.1) is 0 Å². The maximum atomic E-state index is 7.01. The molecule has 9 aromatic rings. The molecule has 2 aliphatic rings. The van der Waals surface area contributed by atoms with Crippen molar-refractivity contribution in [2.45, 2.75) is 38.5 Å². The summed E-state index contributed by atoms with van der Waals surface area (Å²) < 4.78 is 13.6. The summed E-state index contributed by atoms with van der Waals surface area (Å²) in [7, 11) is 0. The summed E-state index contributed by atoms with van der Waals surface area (Å²) in [5.74, 6) is 2.63. The maximum Gasteiger partial charge on any atom is 0.227 e. The van der Waals surface area contributed by atoms with Gasteiger partial charge in [0.15, 0.2) is 17.2 Å². The molecular weight excluding hydrogens is 761 g/mol. The van der Waals surface area contributed by atoms with E-state index in [0.29, 0.717) is 17.5 Å². The van der Waals surface area contributed by atoms with E-state index in [4.69, 9.17) is 28.8 Å². The molecule has 11 rings (SSSR count). The molecule has 6 nitrogen and oxygen atoms in total. The quantitative estimate of drug-likeness (QED) is 0.142. The molecule has 0 amide bonds. The number of aromatic nitrogens is 4.